The first-order valence-electron chi connectivity index (χ1n) is 1.82. The van der Waals surface area contributed by atoms with Crippen molar-refractivity contribution >= 4 is 0 Å². The van der Waals surface area contributed by atoms with Crippen molar-refractivity contribution in [1.29, 1.82) is 5.26 Å². The fourth-order valence-corrected chi connectivity index (χ4v) is 0.130. The molecule has 0 heterocycles. The van der Waals surface area contributed by atoms with E-state index in [-0.39, 0.29) is 0 Å². The molecule has 4 heteroatoms. The molecule has 8 heavy (non-hydrogen) atoms. The van der Waals surface area contributed by atoms with Crippen LogP contribution in [0.4, 0.5) is 8.78 Å². The zero-order valence-corrected chi connectivity index (χ0v) is 3.99. The van der Waals surface area contributed by atoms with Crippen molar-refractivity contribution in [2.24, 2.45) is 5.73 Å². The summed E-state index contributed by atoms with van der Waals surface area (Å²) in [4.78, 5) is 0. The van der Waals surface area contributed by atoms with Gasteiger partial charge in [0.1, 0.15) is 12.7 Å². The molecule has 0 aromatic carbocycles. The minimum atomic E-state index is -1.24. The highest BCUT2D eigenvalue weighted by atomic mass is 19.1. The Bertz CT molecular complexity index is 145. The number of rotatable bonds is 1. The maximum absolute atomic E-state index is 11.7. The van der Waals surface area contributed by atoms with E-state index < -0.39 is 18.2 Å². The lowest BCUT2D eigenvalue weighted by Crippen LogP contribution is -2.00. The van der Waals surface area contributed by atoms with Crippen LogP contribution in [-0.2, 0) is 0 Å². The minimum Gasteiger partial charge on any atom is -0.397 e. The molecule has 2 N–H and O–H groups in total. The molecule has 0 unspecified atom stereocenters. The zero-order valence-electron chi connectivity index (χ0n) is 3.99. The predicted octanol–water partition coefficient (Wildman–Crippen LogP) is 0.619. The van der Waals surface area contributed by atoms with E-state index in [0.717, 1.165) is 6.07 Å². The molecule has 0 fully saturated rings. The third kappa shape index (κ3) is 1.56. The molecule has 0 amide bonds. The number of alkyl halides is 1. The van der Waals surface area contributed by atoms with E-state index in [9.17, 15) is 8.78 Å². The first kappa shape index (κ1) is 6.89. The number of nitrogens with two attached hydrogens (primary N) is 1. The fraction of sp³-hybridized carbons (Fsp3) is 0.250. The summed E-state index contributed by atoms with van der Waals surface area (Å²) in [6, 6.07) is 1.06. The lowest BCUT2D eigenvalue weighted by Gasteiger charge is -1.86. The molecule has 0 aromatic rings. The maximum Gasteiger partial charge on any atom is 0.221 e. The molecule has 0 rings (SSSR count). The molecular formula is C4H4F2N2. The van der Waals surface area contributed by atoms with E-state index in [1.165, 1.54) is 0 Å². The summed E-state index contributed by atoms with van der Waals surface area (Å²) in [6.07, 6.45) is 0. The Kier molecular flexibility index (Phi) is 2.56. The fourth-order valence-electron chi connectivity index (χ4n) is 0.130. The van der Waals surface area contributed by atoms with Crippen LogP contribution in [0.5, 0.6) is 0 Å². The highest BCUT2D eigenvalue weighted by molar-refractivity contribution is 5.18. The second-order valence-electron chi connectivity index (χ2n) is 1.08. The summed E-state index contributed by atoms with van der Waals surface area (Å²) in [5.41, 5.74) is 3.99. The Labute approximate surface area is 45.2 Å². The second kappa shape index (κ2) is 2.97. The van der Waals surface area contributed by atoms with Gasteiger partial charge in [0.05, 0.1) is 5.70 Å². The smallest absolute Gasteiger partial charge is 0.221 e. The number of nitrogens with zero attached hydrogens (tertiary/aromatic N) is 1. The van der Waals surface area contributed by atoms with Crippen molar-refractivity contribution in [1.82, 2.24) is 0 Å². The van der Waals surface area contributed by atoms with Crippen LogP contribution in [0.3, 0.4) is 0 Å². The number of halogens is 2. The molecule has 0 aromatic heterocycles. The maximum atomic E-state index is 11.7. The number of nitriles is 1. The molecule has 0 aliphatic heterocycles. The molecule has 0 atom stereocenters. The normalized spacial score (nSPS) is 12.1. The van der Waals surface area contributed by atoms with Crippen molar-refractivity contribution in [3.8, 4) is 6.07 Å². The third-order valence-electron chi connectivity index (χ3n) is 0.524. The van der Waals surface area contributed by atoms with Crippen molar-refractivity contribution in [3.05, 3.63) is 11.5 Å². The van der Waals surface area contributed by atoms with Crippen LogP contribution in [0.1, 0.15) is 0 Å². The summed E-state index contributed by atoms with van der Waals surface area (Å²) in [7, 11) is 0. The molecule has 0 spiro atoms. The molecule has 0 radical (unpaired) electrons. The van der Waals surface area contributed by atoms with Crippen molar-refractivity contribution in [2.75, 3.05) is 6.67 Å². The second-order valence-corrected chi connectivity index (χ2v) is 1.08. The van der Waals surface area contributed by atoms with E-state index in [1.807, 2.05) is 0 Å². The van der Waals surface area contributed by atoms with Gasteiger partial charge in [-0.3, -0.25) is 0 Å². The minimum absolute atomic E-state index is 0.646. The van der Waals surface area contributed by atoms with E-state index in [0.29, 0.717) is 0 Å². The summed E-state index contributed by atoms with van der Waals surface area (Å²) < 4.78 is 22.9. The topological polar surface area (TPSA) is 49.8 Å². The van der Waals surface area contributed by atoms with E-state index >= 15 is 0 Å². The van der Waals surface area contributed by atoms with Crippen LogP contribution in [0.15, 0.2) is 11.5 Å². The van der Waals surface area contributed by atoms with Crippen LogP contribution in [-0.4, -0.2) is 6.67 Å². The monoisotopic (exact) mass is 118 g/mol. The van der Waals surface area contributed by atoms with Crippen LogP contribution in [0.2, 0.25) is 0 Å². The molecule has 0 saturated heterocycles. The van der Waals surface area contributed by atoms with Crippen LogP contribution in [0.25, 0.3) is 0 Å². The Morgan fingerprint density at radius 3 is 2.38 bits per heavy atom. The van der Waals surface area contributed by atoms with Gasteiger partial charge < -0.3 is 5.73 Å². The molecule has 44 valence electrons. The molecule has 0 bridgehead atoms. The lowest BCUT2D eigenvalue weighted by molar-refractivity contribution is 0.522. The molecule has 0 aliphatic rings. The first-order chi connectivity index (χ1) is 3.72. The number of hydrogen-bond donors (Lipinski definition) is 1. The number of allylic oxidation sites excluding steroid dienone is 2. The van der Waals surface area contributed by atoms with E-state index in [4.69, 9.17) is 5.26 Å². The van der Waals surface area contributed by atoms with Crippen molar-refractivity contribution in [3.63, 3.8) is 0 Å². The van der Waals surface area contributed by atoms with Gasteiger partial charge in [-0.05, 0) is 0 Å². The molecular weight excluding hydrogens is 114 g/mol. The number of hydrogen-bond acceptors (Lipinski definition) is 2. The van der Waals surface area contributed by atoms with E-state index in [1.54, 1.807) is 0 Å². The summed E-state index contributed by atoms with van der Waals surface area (Å²) in [5.74, 6) is -1.24. The Morgan fingerprint density at radius 2 is 2.25 bits per heavy atom. The highest BCUT2D eigenvalue weighted by Gasteiger charge is 1.97. The summed E-state index contributed by atoms with van der Waals surface area (Å²) in [5, 5.41) is 7.71. The van der Waals surface area contributed by atoms with E-state index in [2.05, 4.69) is 5.73 Å². The Hall–Kier alpha value is -1.11. The third-order valence-corrected chi connectivity index (χ3v) is 0.524. The van der Waals surface area contributed by atoms with Gasteiger partial charge in [0, 0.05) is 0 Å². The van der Waals surface area contributed by atoms with Gasteiger partial charge >= 0.3 is 0 Å². The van der Waals surface area contributed by atoms with Crippen LogP contribution >= 0.6 is 0 Å². The van der Waals surface area contributed by atoms with Gasteiger partial charge in [-0.15, -0.1) is 0 Å². The SMILES string of the molecule is N#C/C(F)=C(\N)CF. The van der Waals surface area contributed by atoms with Crippen LogP contribution < -0.4 is 5.73 Å². The van der Waals surface area contributed by atoms with Crippen molar-refractivity contribution in [2.45, 2.75) is 0 Å². The average molecular weight is 118 g/mol. The first-order valence-corrected chi connectivity index (χ1v) is 1.82. The van der Waals surface area contributed by atoms with Gasteiger partial charge in [-0.2, -0.15) is 9.65 Å². The predicted molar refractivity (Wildman–Crippen MR) is 23.9 cm³/mol. The zero-order chi connectivity index (χ0) is 6.57. The summed E-state index contributed by atoms with van der Waals surface area (Å²) in [6.45, 7) is -1.11. The Balaban J connectivity index is 4.10. The van der Waals surface area contributed by atoms with Gasteiger partial charge in [0.25, 0.3) is 0 Å². The van der Waals surface area contributed by atoms with Gasteiger partial charge in [-0.1, -0.05) is 0 Å². The van der Waals surface area contributed by atoms with Crippen LogP contribution in [0, 0.1) is 11.3 Å². The molecule has 0 aliphatic carbocycles. The van der Waals surface area contributed by atoms with Gasteiger partial charge in [0.2, 0.25) is 5.83 Å². The average Bonchev–Trinajstić information content (AvgIpc) is 1.84. The largest absolute Gasteiger partial charge is 0.397 e. The van der Waals surface area contributed by atoms with Gasteiger partial charge in [0.15, 0.2) is 0 Å². The van der Waals surface area contributed by atoms with Crippen molar-refractivity contribution < 1.29 is 8.78 Å². The highest BCUT2D eigenvalue weighted by Crippen LogP contribution is 1.97. The summed E-state index contributed by atoms with van der Waals surface area (Å²) >= 11 is 0. The molecule has 2 nitrogen and oxygen atoms in total. The molecule has 0 saturated carbocycles. The Morgan fingerprint density at radius 1 is 1.75 bits per heavy atom. The van der Waals surface area contributed by atoms with Gasteiger partial charge in [-0.25, -0.2) is 4.39 Å². The standard InChI is InChI=1S/C4H4F2N2/c5-1-4(8)3(6)2-7/h1,8H2/b4-3+. The quantitative estimate of drug-likeness (QED) is 0.513. The lowest BCUT2D eigenvalue weighted by atomic mass is 10.4.